The van der Waals surface area contributed by atoms with Crippen molar-refractivity contribution >= 4 is 5.97 Å². The largest absolute Gasteiger partial charge is 0.475 e. The zero-order valence-corrected chi connectivity index (χ0v) is 10.7. The van der Waals surface area contributed by atoms with Crippen LogP contribution in [-0.4, -0.2) is 41.7 Å². The normalized spacial score (nSPS) is 19.6. The lowest BCUT2D eigenvalue weighted by Crippen LogP contribution is -2.37. The predicted molar refractivity (Wildman–Crippen MR) is 67.6 cm³/mol. The van der Waals surface area contributed by atoms with Crippen molar-refractivity contribution in [3.05, 3.63) is 23.7 Å². The van der Waals surface area contributed by atoms with Crippen LogP contribution in [0.2, 0.25) is 0 Å². The number of rotatable bonds is 6. The average molecular weight is 252 g/mol. The second kappa shape index (κ2) is 6.02. The van der Waals surface area contributed by atoms with E-state index in [2.05, 4.69) is 17.1 Å². The summed E-state index contributed by atoms with van der Waals surface area (Å²) in [5, 5.41) is 12.3. The van der Waals surface area contributed by atoms with E-state index in [1.165, 1.54) is 18.9 Å². The Morgan fingerprint density at radius 2 is 2.44 bits per heavy atom. The monoisotopic (exact) mass is 252 g/mol. The van der Waals surface area contributed by atoms with Crippen molar-refractivity contribution in [3.63, 3.8) is 0 Å². The molecule has 2 heterocycles. The van der Waals surface area contributed by atoms with E-state index in [1.54, 1.807) is 6.07 Å². The van der Waals surface area contributed by atoms with E-state index >= 15 is 0 Å². The van der Waals surface area contributed by atoms with Crippen LogP contribution in [-0.2, 0) is 6.54 Å². The van der Waals surface area contributed by atoms with E-state index in [1.807, 2.05) is 0 Å². The molecule has 1 aliphatic rings. The molecular formula is C13H20N2O3. The van der Waals surface area contributed by atoms with Crippen LogP contribution in [0, 0.1) is 0 Å². The third-order valence-electron chi connectivity index (χ3n) is 3.34. The summed E-state index contributed by atoms with van der Waals surface area (Å²) in [6.07, 6.45) is 2.46. The first-order valence-electron chi connectivity index (χ1n) is 6.46. The van der Waals surface area contributed by atoms with E-state index < -0.39 is 5.97 Å². The van der Waals surface area contributed by atoms with Gasteiger partial charge in [-0.15, -0.1) is 0 Å². The summed E-state index contributed by atoms with van der Waals surface area (Å²) in [6, 6.07) is 3.81. The number of aromatic carboxylic acids is 1. The minimum Gasteiger partial charge on any atom is -0.475 e. The van der Waals surface area contributed by atoms with E-state index in [9.17, 15) is 4.79 Å². The highest BCUT2D eigenvalue weighted by atomic mass is 16.4. The van der Waals surface area contributed by atoms with E-state index in [-0.39, 0.29) is 5.76 Å². The molecule has 2 N–H and O–H groups in total. The van der Waals surface area contributed by atoms with Crippen molar-refractivity contribution in [2.24, 2.45) is 0 Å². The molecular weight excluding hydrogens is 232 g/mol. The lowest BCUT2D eigenvalue weighted by Gasteiger charge is -2.23. The molecule has 5 nitrogen and oxygen atoms in total. The number of nitrogens with one attached hydrogen (secondary N) is 1. The maximum atomic E-state index is 10.7. The Kier molecular flexibility index (Phi) is 4.38. The smallest absolute Gasteiger partial charge is 0.371 e. The Bertz CT molecular complexity index is 397. The van der Waals surface area contributed by atoms with Crippen LogP contribution in [0.15, 0.2) is 16.5 Å². The molecule has 0 saturated carbocycles. The fourth-order valence-corrected chi connectivity index (χ4v) is 2.33. The summed E-state index contributed by atoms with van der Waals surface area (Å²) in [5.74, 6) is -0.283. The van der Waals surface area contributed by atoms with Crippen molar-refractivity contribution in [2.75, 3.05) is 19.6 Å². The third kappa shape index (κ3) is 3.34. The Morgan fingerprint density at radius 3 is 3.00 bits per heavy atom. The SMILES string of the molecule is CCN(Cc1ccc(C(=O)O)o1)CC1CCCN1. The molecule has 1 aromatic heterocycles. The second-order valence-electron chi connectivity index (χ2n) is 4.69. The van der Waals surface area contributed by atoms with Gasteiger partial charge in [-0.3, -0.25) is 4.90 Å². The maximum Gasteiger partial charge on any atom is 0.371 e. The van der Waals surface area contributed by atoms with Crippen LogP contribution in [0.1, 0.15) is 36.1 Å². The third-order valence-corrected chi connectivity index (χ3v) is 3.34. The number of hydrogen-bond acceptors (Lipinski definition) is 4. The molecule has 1 fully saturated rings. The maximum absolute atomic E-state index is 10.7. The van der Waals surface area contributed by atoms with Crippen LogP contribution in [0.3, 0.4) is 0 Å². The molecule has 100 valence electrons. The highest BCUT2D eigenvalue weighted by molar-refractivity contribution is 5.84. The van der Waals surface area contributed by atoms with Crippen LogP contribution >= 0.6 is 0 Å². The Balaban J connectivity index is 1.89. The summed E-state index contributed by atoms with van der Waals surface area (Å²) in [6.45, 7) is 5.80. The van der Waals surface area contributed by atoms with Gasteiger partial charge in [0, 0.05) is 12.6 Å². The van der Waals surface area contributed by atoms with Gasteiger partial charge >= 0.3 is 5.97 Å². The number of carboxylic acids is 1. The van der Waals surface area contributed by atoms with Gasteiger partial charge in [-0.25, -0.2) is 4.79 Å². The minimum atomic E-state index is -1.01. The van der Waals surface area contributed by atoms with Crippen LogP contribution in [0.4, 0.5) is 0 Å². The molecule has 0 aliphatic carbocycles. The van der Waals surface area contributed by atoms with Crippen molar-refractivity contribution in [3.8, 4) is 0 Å². The first-order valence-corrected chi connectivity index (χ1v) is 6.46. The van der Waals surface area contributed by atoms with Gasteiger partial charge in [0.15, 0.2) is 0 Å². The fraction of sp³-hybridized carbons (Fsp3) is 0.615. The molecule has 1 aliphatic heterocycles. The molecule has 0 bridgehead atoms. The zero-order chi connectivity index (χ0) is 13.0. The minimum absolute atomic E-state index is 0.0139. The van der Waals surface area contributed by atoms with Crippen molar-refractivity contribution in [2.45, 2.75) is 32.4 Å². The number of likely N-dealkylation sites (N-methyl/N-ethyl adjacent to an activating group) is 1. The summed E-state index contributed by atoms with van der Waals surface area (Å²) in [7, 11) is 0. The number of carboxylic acid groups (broad SMARTS) is 1. The van der Waals surface area contributed by atoms with Gasteiger partial charge in [0.25, 0.3) is 0 Å². The molecule has 0 radical (unpaired) electrons. The van der Waals surface area contributed by atoms with Gasteiger partial charge in [-0.2, -0.15) is 0 Å². The lowest BCUT2D eigenvalue weighted by atomic mass is 10.2. The van der Waals surface area contributed by atoms with Gasteiger partial charge in [-0.05, 0) is 38.1 Å². The Hall–Kier alpha value is -1.33. The molecule has 1 saturated heterocycles. The topological polar surface area (TPSA) is 65.7 Å². The fourth-order valence-electron chi connectivity index (χ4n) is 2.33. The first-order chi connectivity index (χ1) is 8.69. The van der Waals surface area contributed by atoms with Crippen LogP contribution in [0.5, 0.6) is 0 Å². The van der Waals surface area contributed by atoms with Gasteiger partial charge in [0.2, 0.25) is 5.76 Å². The van der Waals surface area contributed by atoms with E-state index in [0.717, 1.165) is 19.6 Å². The molecule has 2 rings (SSSR count). The van der Waals surface area contributed by atoms with Crippen molar-refractivity contribution in [1.29, 1.82) is 0 Å². The van der Waals surface area contributed by atoms with Gasteiger partial charge in [0.1, 0.15) is 5.76 Å². The summed E-state index contributed by atoms with van der Waals surface area (Å²) in [5.41, 5.74) is 0. The Morgan fingerprint density at radius 1 is 1.61 bits per heavy atom. The van der Waals surface area contributed by atoms with E-state index in [4.69, 9.17) is 9.52 Å². The molecule has 5 heteroatoms. The van der Waals surface area contributed by atoms with Gasteiger partial charge in [0.05, 0.1) is 6.54 Å². The second-order valence-corrected chi connectivity index (χ2v) is 4.69. The molecule has 0 amide bonds. The molecule has 0 spiro atoms. The van der Waals surface area contributed by atoms with Gasteiger partial charge in [-0.1, -0.05) is 6.92 Å². The standard InChI is InChI=1S/C13H20N2O3/c1-2-15(8-10-4-3-7-14-10)9-11-5-6-12(18-11)13(16)17/h5-6,10,14H,2-4,7-9H2,1H3,(H,16,17). The number of hydrogen-bond donors (Lipinski definition) is 2. The molecule has 1 unspecified atom stereocenters. The molecule has 1 atom stereocenters. The van der Waals surface area contributed by atoms with Crippen LogP contribution < -0.4 is 5.32 Å². The Labute approximate surface area is 107 Å². The summed E-state index contributed by atoms with van der Waals surface area (Å²) >= 11 is 0. The quantitative estimate of drug-likeness (QED) is 0.804. The van der Waals surface area contributed by atoms with Crippen molar-refractivity contribution < 1.29 is 14.3 Å². The highest BCUT2D eigenvalue weighted by Crippen LogP contribution is 2.13. The highest BCUT2D eigenvalue weighted by Gasteiger charge is 2.18. The molecule has 1 aromatic rings. The first kappa shape index (κ1) is 13.1. The van der Waals surface area contributed by atoms with Crippen LogP contribution in [0.25, 0.3) is 0 Å². The average Bonchev–Trinajstić information content (AvgIpc) is 2.99. The number of carbonyl (C=O) groups is 1. The van der Waals surface area contributed by atoms with E-state index in [0.29, 0.717) is 18.3 Å². The predicted octanol–water partition coefficient (Wildman–Crippen LogP) is 1.55. The lowest BCUT2D eigenvalue weighted by molar-refractivity contribution is 0.0658. The van der Waals surface area contributed by atoms with Crippen molar-refractivity contribution in [1.82, 2.24) is 10.2 Å². The molecule has 18 heavy (non-hydrogen) atoms. The zero-order valence-electron chi connectivity index (χ0n) is 10.7. The number of furan rings is 1. The number of nitrogens with zero attached hydrogens (tertiary/aromatic N) is 1. The molecule has 0 aromatic carbocycles. The van der Waals surface area contributed by atoms with Gasteiger partial charge < -0.3 is 14.8 Å². The summed E-state index contributed by atoms with van der Waals surface area (Å²) < 4.78 is 5.28. The summed E-state index contributed by atoms with van der Waals surface area (Å²) in [4.78, 5) is 13.0.